The molecule has 1 amide bonds. The molecule has 2 heterocycles. The van der Waals surface area contributed by atoms with Crippen LogP contribution in [0.25, 0.3) is 0 Å². The van der Waals surface area contributed by atoms with E-state index >= 15 is 0 Å². The number of likely N-dealkylation sites (tertiary alicyclic amines) is 1. The maximum absolute atomic E-state index is 12.3. The fourth-order valence-corrected chi connectivity index (χ4v) is 2.30. The second kappa shape index (κ2) is 4.15. The van der Waals surface area contributed by atoms with Crippen molar-refractivity contribution in [3.63, 3.8) is 0 Å². The van der Waals surface area contributed by atoms with Gasteiger partial charge in [0.15, 0.2) is 0 Å². The predicted octanol–water partition coefficient (Wildman–Crippen LogP) is 1.27. The van der Waals surface area contributed by atoms with E-state index < -0.39 is 11.4 Å². The smallest absolute Gasteiger partial charge is 0.311 e. The summed E-state index contributed by atoms with van der Waals surface area (Å²) in [5, 5.41) is 9.16. The largest absolute Gasteiger partial charge is 0.481 e. The maximum atomic E-state index is 12.3. The van der Waals surface area contributed by atoms with Crippen molar-refractivity contribution in [3.05, 3.63) is 23.5 Å². The Bertz CT molecular complexity index is 506. The van der Waals surface area contributed by atoms with Crippen LogP contribution in [0.1, 0.15) is 29.5 Å². The first-order valence-electron chi connectivity index (χ1n) is 6.00. The number of hydrogen-bond acceptors (Lipinski definition) is 2. The van der Waals surface area contributed by atoms with Crippen molar-refractivity contribution in [2.45, 2.75) is 20.3 Å². The first kappa shape index (κ1) is 12.7. The van der Waals surface area contributed by atoms with Gasteiger partial charge in [-0.1, -0.05) is 0 Å². The highest BCUT2D eigenvalue weighted by atomic mass is 16.4. The Morgan fingerprint density at radius 2 is 2.06 bits per heavy atom. The minimum Gasteiger partial charge on any atom is -0.481 e. The molecule has 1 N–H and O–H groups in total. The van der Waals surface area contributed by atoms with Crippen LogP contribution in [-0.4, -0.2) is 39.5 Å². The molecule has 18 heavy (non-hydrogen) atoms. The molecule has 1 fully saturated rings. The third-order valence-corrected chi connectivity index (χ3v) is 3.87. The van der Waals surface area contributed by atoms with Gasteiger partial charge in [0.2, 0.25) is 0 Å². The first-order chi connectivity index (χ1) is 8.35. The Morgan fingerprint density at radius 1 is 1.39 bits per heavy atom. The number of hydrogen-bond donors (Lipinski definition) is 1. The molecule has 0 unspecified atom stereocenters. The molecular weight excluding hydrogens is 232 g/mol. The molecule has 5 heteroatoms. The predicted molar refractivity (Wildman–Crippen MR) is 66.4 cm³/mol. The van der Waals surface area contributed by atoms with Crippen LogP contribution < -0.4 is 0 Å². The number of rotatable bonds is 2. The van der Waals surface area contributed by atoms with Crippen LogP contribution in [-0.2, 0) is 11.8 Å². The molecule has 0 saturated carbocycles. The first-order valence-corrected chi connectivity index (χ1v) is 6.00. The highest BCUT2D eigenvalue weighted by molar-refractivity contribution is 5.93. The van der Waals surface area contributed by atoms with Gasteiger partial charge in [-0.15, -0.1) is 0 Å². The average molecular weight is 250 g/mol. The van der Waals surface area contributed by atoms with Crippen LogP contribution in [0.2, 0.25) is 0 Å². The fourth-order valence-electron chi connectivity index (χ4n) is 2.30. The summed E-state index contributed by atoms with van der Waals surface area (Å²) < 4.78 is 1.83. The Hall–Kier alpha value is -1.78. The molecule has 1 aromatic rings. The van der Waals surface area contributed by atoms with E-state index in [0.717, 1.165) is 5.69 Å². The van der Waals surface area contributed by atoms with Gasteiger partial charge in [0, 0.05) is 25.8 Å². The van der Waals surface area contributed by atoms with E-state index in [9.17, 15) is 9.59 Å². The molecule has 0 spiro atoms. The molecule has 1 aliphatic rings. The lowest BCUT2D eigenvalue weighted by atomic mass is 9.90. The van der Waals surface area contributed by atoms with Crippen LogP contribution in [0.15, 0.2) is 12.1 Å². The normalized spacial score (nSPS) is 23.4. The molecule has 0 radical (unpaired) electrons. The number of aryl methyl sites for hydroxylation is 1. The van der Waals surface area contributed by atoms with E-state index in [-0.39, 0.29) is 12.5 Å². The summed E-state index contributed by atoms with van der Waals surface area (Å²) in [5.41, 5.74) is 0.816. The minimum atomic E-state index is -0.833. The maximum Gasteiger partial charge on any atom is 0.311 e. The lowest BCUT2D eigenvalue weighted by Crippen LogP contribution is -2.35. The van der Waals surface area contributed by atoms with Gasteiger partial charge in [-0.3, -0.25) is 9.59 Å². The standard InChI is InChI=1S/C13H18N2O3/c1-9-4-5-10(14(9)3)11(16)15-7-6-13(2,8-15)12(17)18/h4-5H,6-8H2,1-3H3,(H,17,18)/t13-/m1/s1. The monoisotopic (exact) mass is 250 g/mol. The summed E-state index contributed by atoms with van der Waals surface area (Å²) in [6.45, 7) is 4.41. The number of carbonyl (C=O) groups is 2. The average Bonchev–Trinajstić information content (AvgIpc) is 2.85. The fraction of sp³-hybridized carbons (Fsp3) is 0.538. The zero-order chi connectivity index (χ0) is 13.5. The third-order valence-electron chi connectivity index (χ3n) is 3.87. The summed E-state index contributed by atoms with van der Waals surface area (Å²) in [6.07, 6.45) is 0.511. The second-order valence-corrected chi connectivity index (χ2v) is 5.26. The van der Waals surface area contributed by atoms with Crippen molar-refractivity contribution in [1.29, 1.82) is 0 Å². The Kier molecular flexibility index (Phi) is 2.92. The molecule has 0 aromatic carbocycles. The topological polar surface area (TPSA) is 62.5 Å². The zero-order valence-electron chi connectivity index (χ0n) is 10.9. The van der Waals surface area contributed by atoms with E-state index in [2.05, 4.69) is 0 Å². The molecular formula is C13H18N2O3. The quantitative estimate of drug-likeness (QED) is 0.859. The summed E-state index contributed by atoms with van der Waals surface area (Å²) in [4.78, 5) is 25.1. The molecule has 0 aliphatic carbocycles. The molecule has 5 nitrogen and oxygen atoms in total. The van der Waals surface area contributed by atoms with Gasteiger partial charge in [0.25, 0.3) is 5.91 Å². The van der Waals surface area contributed by atoms with Gasteiger partial charge < -0.3 is 14.6 Å². The molecule has 1 atom stereocenters. The van der Waals surface area contributed by atoms with Crippen molar-refractivity contribution in [2.75, 3.05) is 13.1 Å². The van der Waals surface area contributed by atoms with E-state index in [4.69, 9.17) is 5.11 Å². The van der Waals surface area contributed by atoms with E-state index in [1.165, 1.54) is 0 Å². The van der Waals surface area contributed by atoms with Gasteiger partial charge in [-0.2, -0.15) is 0 Å². The van der Waals surface area contributed by atoms with E-state index in [0.29, 0.717) is 18.7 Å². The number of aliphatic carboxylic acids is 1. The summed E-state index contributed by atoms with van der Waals surface area (Å²) >= 11 is 0. The molecule has 2 rings (SSSR count). The number of aromatic nitrogens is 1. The van der Waals surface area contributed by atoms with E-state index in [1.54, 1.807) is 17.9 Å². The lowest BCUT2D eigenvalue weighted by molar-refractivity contribution is -0.147. The Labute approximate surface area is 106 Å². The zero-order valence-corrected chi connectivity index (χ0v) is 10.9. The van der Waals surface area contributed by atoms with Crippen molar-refractivity contribution < 1.29 is 14.7 Å². The van der Waals surface area contributed by atoms with Gasteiger partial charge >= 0.3 is 5.97 Å². The minimum absolute atomic E-state index is 0.0874. The van der Waals surface area contributed by atoms with Gasteiger partial charge in [-0.25, -0.2) is 0 Å². The summed E-state index contributed by atoms with van der Waals surface area (Å²) in [6, 6.07) is 3.67. The second-order valence-electron chi connectivity index (χ2n) is 5.26. The number of nitrogens with zero attached hydrogens (tertiary/aromatic N) is 2. The number of amides is 1. The molecule has 1 aliphatic heterocycles. The third kappa shape index (κ3) is 1.89. The van der Waals surface area contributed by atoms with Crippen molar-refractivity contribution >= 4 is 11.9 Å². The molecule has 1 saturated heterocycles. The molecule has 1 aromatic heterocycles. The molecule has 0 bridgehead atoms. The number of carboxylic acid groups (broad SMARTS) is 1. The summed E-state index contributed by atoms with van der Waals surface area (Å²) in [5.74, 6) is -0.920. The van der Waals surface area contributed by atoms with Crippen LogP contribution in [0, 0.1) is 12.3 Å². The SMILES string of the molecule is Cc1ccc(C(=O)N2CC[C@@](C)(C(=O)O)C2)n1C. The summed E-state index contributed by atoms with van der Waals surface area (Å²) in [7, 11) is 1.84. The highest BCUT2D eigenvalue weighted by Gasteiger charge is 2.42. The van der Waals surface area contributed by atoms with Crippen LogP contribution in [0.5, 0.6) is 0 Å². The van der Waals surface area contributed by atoms with Gasteiger partial charge in [-0.05, 0) is 32.4 Å². The van der Waals surface area contributed by atoms with Crippen molar-refractivity contribution in [3.8, 4) is 0 Å². The van der Waals surface area contributed by atoms with Gasteiger partial charge in [0.05, 0.1) is 5.41 Å². The Morgan fingerprint density at radius 3 is 2.50 bits per heavy atom. The number of carboxylic acids is 1. The molecule has 98 valence electrons. The van der Waals surface area contributed by atoms with Crippen LogP contribution >= 0.6 is 0 Å². The Balaban J connectivity index is 2.18. The van der Waals surface area contributed by atoms with Crippen LogP contribution in [0.4, 0.5) is 0 Å². The van der Waals surface area contributed by atoms with Crippen molar-refractivity contribution in [1.82, 2.24) is 9.47 Å². The van der Waals surface area contributed by atoms with Crippen LogP contribution in [0.3, 0.4) is 0 Å². The van der Waals surface area contributed by atoms with Crippen molar-refractivity contribution in [2.24, 2.45) is 12.5 Å². The number of carbonyl (C=O) groups excluding carboxylic acids is 1. The highest BCUT2D eigenvalue weighted by Crippen LogP contribution is 2.31. The lowest BCUT2D eigenvalue weighted by Gasteiger charge is -2.20. The van der Waals surface area contributed by atoms with Gasteiger partial charge in [0.1, 0.15) is 5.69 Å². The van der Waals surface area contributed by atoms with E-state index in [1.807, 2.05) is 24.6 Å².